The minimum atomic E-state index is -0.321. The maximum Gasteiger partial charge on any atom is 0.234 e. The number of thioether (sulfide) groups is 1. The number of amides is 1. The van der Waals surface area contributed by atoms with Gasteiger partial charge in [-0.3, -0.25) is 9.36 Å². The summed E-state index contributed by atoms with van der Waals surface area (Å²) in [7, 11) is 0. The fourth-order valence-corrected chi connectivity index (χ4v) is 4.32. The standard InChI is InChI=1S/C22H22BrClN4O2S/c1-4-11-28-21(15(3)30-19-8-6-5-7-14(19)2)26-27-22(28)31-13-20(29)25-18-10-9-16(23)12-17(18)24/h4-10,12,15H,1,11,13H2,2-3H3,(H,25,29). The van der Waals surface area contributed by atoms with E-state index in [1.165, 1.54) is 11.8 Å². The van der Waals surface area contributed by atoms with E-state index in [4.69, 9.17) is 16.3 Å². The second kappa shape index (κ2) is 10.8. The predicted molar refractivity (Wildman–Crippen MR) is 129 cm³/mol. The molecule has 31 heavy (non-hydrogen) atoms. The van der Waals surface area contributed by atoms with Crippen LogP contribution >= 0.6 is 39.3 Å². The highest BCUT2D eigenvalue weighted by atomic mass is 79.9. The predicted octanol–water partition coefficient (Wildman–Crippen LogP) is 6.06. The molecule has 0 saturated heterocycles. The van der Waals surface area contributed by atoms with Crippen molar-refractivity contribution >= 4 is 50.9 Å². The van der Waals surface area contributed by atoms with Crippen LogP contribution in [0.3, 0.4) is 0 Å². The summed E-state index contributed by atoms with van der Waals surface area (Å²) >= 11 is 10.8. The summed E-state index contributed by atoms with van der Waals surface area (Å²) in [5, 5.41) is 12.5. The third kappa shape index (κ3) is 6.12. The van der Waals surface area contributed by atoms with Crippen LogP contribution in [0.2, 0.25) is 5.02 Å². The third-order valence-corrected chi connectivity index (χ3v) is 6.13. The van der Waals surface area contributed by atoms with Crippen LogP contribution in [-0.4, -0.2) is 26.4 Å². The van der Waals surface area contributed by atoms with E-state index >= 15 is 0 Å². The Balaban J connectivity index is 1.69. The number of nitrogens with zero attached hydrogens (tertiary/aromatic N) is 3. The summed E-state index contributed by atoms with van der Waals surface area (Å²) in [5.41, 5.74) is 1.60. The van der Waals surface area contributed by atoms with Crippen molar-refractivity contribution in [2.24, 2.45) is 0 Å². The largest absolute Gasteiger partial charge is 0.482 e. The molecule has 3 rings (SSSR count). The minimum absolute atomic E-state index is 0.161. The number of carbonyl (C=O) groups excluding carboxylic acids is 1. The molecule has 1 N–H and O–H groups in total. The van der Waals surface area contributed by atoms with E-state index in [9.17, 15) is 4.79 Å². The lowest BCUT2D eigenvalue weighted by molar-refractivity contribution is -0.113. The van der Waals surface area contributed by atoms with Gasteiger partial charge in [-0.25, -0.2) is 0 Å². The molecule has 0 radical (unpaired) electrons. The smallest absolute Gasteiger partial charge is 0.234 e. The molecule has 0 bridgehead atoms. The topological polar surface area (TPSA) is 69.0 Å². The van der Waals surface area contributed by atoms with Gasteiger partial charge >= 0.3 is 0 Å². The number of anilines is 1. The number of halogens is 2. The molecular formula is C22H22BrClN4O2S. The van der Waals surface area contributed by atoms with Crippen LogP contribution in [-0.2, 0) is 11.3 Å². The Hall–Kier alpha value is -2.29. The molecule has 2 aromatic carbocycles. The maximum atomic E-state index is 12.4. The number of hydrogen-bond acceptors (Lipinski definition) is 5. The first kappa shape index (κ1) is 23.4. The molecule has 1 unspecified atom stereocenters. The zero-order valence-corrected chi connectivity index (χ0v) is 20.3. The highest BCUT2D eigenvalue weighted by Gasteiger charge is 2.20. The van der Waals surface area contributed by atoms with E-state index in [0.29, 0.717) is 28.2 Å². The number of aromatic nitrogens is 3. The first-order chi connectivity index (χ1) is 14.9. The molecule has 1 amide bonds. The summed E-state index contributed by atoms with van der Waals surface area (Å²) in [4.78, 5) is 12.4. The van der Waals surface area contributed by atoms with Crippen molar-refractivity contribution in [2.45, 2.75) is 31.7 Å². The normalized spacial score (nSPS) is 11.7. The number of hydrogen-bond donors (Lipinski definition) is 1. The lowest BCUT2D eigenvalue weighted by atomic mass is 10.2. The summed E-state index contributed by atoms with van der Waals surface area (Å²) < 4.78 is 8.84. The van der Waals surface area contributed by atoms with Gasteiger partial charge in [0.1, 0.15) is 5.75 Å². The van der Waals surface area contributed by atoms with E-state index in [-0.39, 0.29) is 17.8 Å². The van der Waals surface area contributed by atoms with Crippen LogP contribution < -0.4 is 10.1 Å². The molecule has 1 atom stereocenters. The number of rotatable bonds is 9. The fourth-order valence-electron chi connectivity index (χ4n) is 2.85. The summed E-state index contributed by atoms with van der Waals surface area (Å²) in [6.07, 6.45) is 1.44. The van der Waals surface area contributed by atoms with Crippen molar-refractivity contribution in [1.82, 2.24) is 14.8 Å². The minimum Gasteiger partial charge on any atom is -0.482 e. The highest BCUT2D eigenvalue weighted by molar-refractivity contribution is 9.10. The molecular weight excluding hydrogens is 500 g/mol. The van der Waals surface area contributed by atoms with Gasteiger partial charge in [0.15, 0.2) is 17.1 Å². The number of aryl methyl sites for hydroxylation is 1. The SMILES string of the molecule is C=CCn1c(SCC(=O)Nc2ccc(Br)cc2Cl)nnc1C(C)Oc1ccccc1C. The Bertz CT molecular complexity index is 1090. The Morgan fingerprint density at radius 2 is 2.13 bits per heavy atom. The summed E-state index contributed by atoms with van der Waals surface area (Å²) in [6.45, 7) is 8.24. The van der Waals surface area contributed by atoms with E-state index in [1.807, 2.05) is 48.7 Å². The number of carbonyl (C=O) groups is 1. The molecule has 0 saturated carbocycles. The Morgan fingerprint density at radius 1 is 1.35 bits per heavy atom. The zero-order valence-electron chi connectivity index (χ0n) is 17.1. The second-order valence-electron chi connectivity index (χ2n) is 6.73. The maximum absolute atomic E-state index is 12.4. The van der Waals surface area contributed by atoms with Crippen LogP contribution in [0.25, 0.3) is 0 Å². The fraction of sp³-hybridized carbons (Fsp3) is 0.227. The van der Waals surface area contributed by atoms with Gasteiger partial charge in [-0.2, -0.15) is 0 Å². The van der Waals surface area contributed by atoms with Crippen LogP contribution in [0.1, 0.15) is 24.4 Å². The molecule has 3 aromatic rings. The van der Waals surface area contributed by atoms with Gasteiger partial charge in [0.2, 0.25) is 5.91 Å². The van der Waals surface area contributed by atoms with Gasteiger partial charge in [-0.05, 0) is 43.7 Å². The van der Waals surface area contributed by atoms with Crippen molar-refractivity contribution in [3.8, 4) is 5.75 Å². The average molecular weight is 522 g/mol. The molecule has 1 aromatic heterocycles. The lowest BCUT2D eigenvalue weighted by Crippen LogP contribution is -2.16. The first-order valence-electron chi connectivity index (χ1n) is 9.53. The van der Waals surface area contributed by atoms with Crippen molar-refractivity contribution < 1.29 is 9.53 Å². The highest BCUT2D eigenvalue weighted by Crippen LogP contribution is 2.28. The number of nitrogens with one attached hydrogen (secondary N) is 1. The summed E-state index contributed by atoms with van der Waals surface area (Å²) in [5.74, 6) is 1.44. The molecule has 9 heteroatoms. The van der Waals surface area contributed by atoms with Gasteiger partial charge < -0.3 is 10.1 Å². The van der Waals surface area contributed by atoms with Crippen LogP contribution in [0.5, 0.6) is 5.75 Å². The zero-order chi connectivity index (χ0) is 22.4. The third-order valence-electron chi connectivity index (χ3n) is 4.36. The molecule has 0 aliphatic carbocycles. The van der Waals surface area contributed by atoms with E-state index in [2.05, 4.69) is 38.0 Å². The van der Waals surface area contributed by atoms with Gasteiger partial charge in [0.25, 0.3) is 0 Å². The van der Waals surface area contributed by atoms with Crippen molar-refractivity contribution in [3.63, 3.8) is 0 Å². The number of ether oxygens (including phenoxy) is 1. The average Bonchev–Trinajstić information content (AvgIpc) is 3.13. The Morgan fingerprint density at radius 3 is 2.84 bits per heavy atom. The van der Waals surface area contributed by atoms with Crippen molar-refractivity contribution in [2.75, 3.05) is 11.1 Å². The monoisotopic (exact) mass is 520 g/mol. The Labute approximate surface area is 199 Å². The van der Waals surface area contributed by atoms with Gasteiger partial charge in [0, 0.05) is 11.0 Å². The second-order valence-corrected chi connectivity index (χ2v) is 8.99. The molecule has 1 heterocycles. The first-order valence-corrected chi connectivity index (χ1v) is 11.7. The Kier molecular flexibility index (Phi) is 8.17. The van der Waals surface area contributed by atoms with Crippen molar-refractivity contribution in [3.05, 3.63) is 76.0 Å². The molecule has 162 valence electrons. The van der Waals surface area contributed by atoms with Crippen LogP contribution in [0.15, 0.2) is 64.7 Å². The van der Waals surface area contributed by atoms with E-state index in [1.54, 1.807) is 18.2 Å². The quantitative estimate of drug-likeness (QED) is 0.274. The molecule has 6 nitrogen and oxygen atoms in total. The van der Waals surface area contributed by atoms with Crippen LogP contribution in [0, 0.1) is 6.92 Å². The molecule has 0 spiro atoms. The van der Waals surface area contributed by atoms with Gasteiger partial charge in [-0.15, -0.1) is 16.8 Å². The molecule has 0 aliphatic heterocycles. The van der Waals surface area contributed by atoms with E-state index in [0.717, 1.165) is 15.8 Å². The molecule has 0 fully saturated rings. The van der Waals surface area contributed by atoms with Gasteiger partial charge in [0.05, 0.1) is 16.5 Å². The van der Waals surface area contributed by atoms with E-state index < -0.39 is 0 Å². The van der Waals surface area contributed by atoms with Crippen LogP contribution in [0.4, 0.5) is 5.69 Å². The number of allylic oxidation sites excluding steroid dienone is 1. The van der Waals surface area contributed by atoms with Gasteiger partial charge in [-0.1, -0.05) is 63.6 Å². The lowest BCUT2D eigenvalue weighted by Gasteiger charge is -2.17. The summed E-state index contributed by atoms with van der Waals surface area (Å²) in [6, 6.07) is 13.1. The van der Waals surface area contributed by atoms with Crippen molar-refractivity contribution in [1.29, 1.82) is 0 Å². The number of para-hydroxylation sites is 1. The molecule has 0 aliphatic rings. The number of benzene rings is 2.